The number of hydrogen-bond donors (Lipinski definition) is 3. The summed E-state index contributed by atoms with van der Waals surface area (Å²) in [5.41, 5.74) is 0.830. The number of carbonyl (C=O) groups excluding carboxylic acids is 2. The fourth-order valence-corrected chi connectivity index (χ4v) is 5.32. The molecule has 43 heavy (non-hydrogen) atoms. The fraction of sp³-hybridized carbons (Fsp3) is 0.533. The smallest absolute Gasteiger partial charge is 0.321 e. The molecule has 11 nitrogen and oxygen atoms in total. The molecule has 4 atom stereocenters. The van der Waals surface area contributed by atoms with Crippen molar-refractivity contribution in [1.82, 2.24) is 9.80 Å². The first-order valence-electron chi connectivity index (χ1n) is 14.4. The molecule has 0 aromatic heterocycles. The van der Waals surface area contributed by atoms with Gasteiger partial charge in [-0.05, 0) is 75.6 Å². The van der Waals surface area contributed by atoms with Crippen molar-refractivity contribution in [3.8, 4) is 5.75 Å². The number of benzene rings is 2. The summed E-state index contributed by atoms with van der Waals surface area (Å²) in [6.45, 7) is 6.05. The topological polar surface area (TPSA) is 138 Å². The number of aliphatic hydroxyl groups excluding tert-OH is 1. The molecule has 0 radical (unpaired) electrons. The molecule has 1 aliphatic rings. The Bertz CT molecular complexity index is 1340. The Morgan fingerprint density at radius 3 is 2.49 bits per heavy atom. The van der Waals surface area contributed by atoms with E-state index < -0.39 is 39.9 Å². The minimum atomic E-state index is -3.60. The largest absolute Gasteiger partial charge is 0.490 e. The number of urea groups is 1. The number of likely N-dealkylation sites (N-methyl/N-ethyl adjacent to an activating group) is 1. The molecule has 3 amide bonds. The van der Waals surface area contributed by atoms with Crippen LogP contribution in [-0.2, 0) is 14.8 Å². The molecule has 1 aliphatic heterocycles. The van der Waals surface area contributed by atoms with Crippen LogP contribution in [0.4, 0.5) is 20.6 Å². The lowest BCUT2D eigenvalue weighted by molar-refractivity contribution is -0.0115. The van der Waals surface area contributed by atoms with E-state index in [1.807, 2.05) is 13.8 Å². The van der Waals surface area contributed by atoms with Crippen molar-refractivity contribution in [3.05, 3.63) is 53.8 Å². The number of amides is 3. The van der Waals surface area contributed by atoms with E-state index in [4.69, 9.17) is 9.47 Å². The zero-order valence-electron chi connectivity index (χ0n) is 25.4. The van der Waals surface area contributed by atoms with E-state index in [0.717, 1.165) is 19.1 Å². The summed E-state index contributed by atoms with van der Waals surface area (Å²) in [4.78, 5) is 30.0. The molecule has 1 heterocycles. The number of nitrogens with one attached hydrogen (secondary N) is 2. The highest BCUT2D eigenvalue weighted by atomic mass is 32.2. The quantitative estimate of drug-likeness (QED) is 0.422. The van der Waals surface area contributed by atoms with Crippen LogP contribution in [0.5, 0.6) is 5.75 Å². The van der Waals surface area contributed by atoms with Crippen molar-refractivity contribution in [2.24, 2.45) is 5.92 Å². The molecule has 238 valence electrons. The average molecular weight is 623 g/mol. The molecule has 0 saturated carbocycles. The van der Waals surface area contributed by atoms with Crippen molar-refractivity contribution >= 4 is 33.3 Å². The molecule has 2 aromatic rings. The standard InChI is InChI=1S/C30H43FN4O7S/c1-20-17-35(21(2)19-36)29(37)26-16-25(33-43(5,39)40)13-14-27(26)42-22(3)8-6-7-15-41-28(20)18-34(4)30(38)32-24-11-9-23(31)10-12-24/h9-14,16,20-22,28,33,36H,6-8,15,17-19H2,1-5H3,(H,32,38)/t20-,21-,22-,28-/m1/s1. The number of ether oxygens (including phenoxy) is 2. The summed E-state index contributed by atoms with van der Waals surface area (Å²) in [6, 6.07) is 9.05. The Kier molecular flexibility index (Phi) is 12.2. The number of sulfonamides is 1. The first-order valence-corrected chi connectivity index (χ1v) is 16.3. The lowest BCUT2D eigenvalue weighted by atomic mass is 10.0. The Labute approximate surface area is 253 Å². The average Bonchev–Trinajstić information content (AvgIpc) is 2.94. The maximum absolute atomic E-state index is 14.1. The van der Waals surface area contributed by atoms with E-state index in [9.17, 15) is 27.5 Å². The van der Waals surface area contributed by atoms with Gasteiger partial charge in [-0.2, -0.15) is 0 Å². The number of carbonyl (C=O) groups is 2. The second kappa shape index (κ2) is 15.3. The van der Waals surface area contributed by atoms with Gasteiger partial charge in [0.1, 0.15) is 11.6 Å². The molecule has 13 heteroatoms. The lowest BCUT2D eigenvalue weighted by Gasteiger charge is -2.35. The first-order chi connectivity index (χ1) is 20.3. The van der Waals surface area contributed by atoms with Crippen molar-refractivity contribution in [3.63, 3.8) is 0 Å². The van der Waals surface area contributed by atoms with Crippen LogP contribution in [-0.4, -0.2) is 93.1 Å². The van der Waals surface area contributed by atoms with E-state index in [0.29, 0.717) is 24.5 Å². The molecular formula is C30H43FN4O7S. The van der Waals surface area contributed by atoms with Gasteiger partial charge in [-0.3, -0.25) is 9.52 Å². The molecule has 0 unspecified atom stereocenters. The predicted octanol–water partition coefficient (Wildman–Crippen LogP) is 4.16. The summed E-state index contributed by atoms with van der Waals surface area (Å²) < 4.78 is 51.9. The summed E-state index contributed by atoms with van der Waals surface area (Å²) in [7, 11) is -1.97. The molecule has 0 fully saturated rings. The first kappa shape index (κ1) is 34.1. The van der Waals surface area contributed by atoms with Gasteiger partial charge in [0, 0.05) is 44.0 Å². The highest BCUT2D eigenvalue weighted by molar-refractivity contribution is 7.92. The van der Waals surface area contributed by atoms with Crippen LogP contribution in [0.2, 0.25) is 0 Å². The number of rotatable bonds is 7. The minimum absolute atomic E-state index is 0.165. The molecule has 0 spiro atoms. The van der Waals surface area contributed by atoms with Gasteiger partial charge in [-0.25, -0.2) is 17.6 Å². The third kappa shape index (κ3) is 10.4. The van der Waals surface area contributed by atoms with Gasteiger partial charge >= 0.3 is 6.03 Å². The van der Waals surface area contributed by atoms with Crippen LogP contribution in [0.25, 0.3) is 0 Å². The second-order valence-corrected chi connectivity index (χ2v) is 13.0. The number of anilines is 2. The SMILES string of the molecule is C[C@@H]1CCCCO[C@H](CN(C)C(=O)Nc2ccc(F)cc2)[C@H](C)CN([C@H](C)CO)C(=O)c2cc(NS(C)(=O)=O)ccc2O1. The molecule has 2 aromatic carbocycles. The fourth-order valence-electron chi connectivity index (χ4n) is 4.77. The van der Waals surface area contributed by atoms with Crippen molar-refractivity contribution in [1.29, 1.82) is 0 Å². The maximum atomic E-state index is 14.1. The zero-order valence-corrected chi connectivity index (χ0v) is 26.2. The third-order valence-electron chi connectivity index (χ3n) is 7.25. The molecule has 3 rings (SSSR count). The van der Waals surface area contributed by atoms with E-state index in [2.05, 4.69) is 10.0 Å². The minimum Gasteiger partial charge on any atom is -0.490 e. The van der Waals surface area contributed by atoms with Crippen molar-refractivity contribution in [2.45, 2.75) is 58.3 Å². The monoisotopic (exact) mass is 622 g/mol. The molecular weight excluding hydrogens is 579 g/mol. The van der Waals surface area contributed by atoms with Gasteiger partial charge < -0.3 is 29.7 Å². The van der Waals surface area contributed by atoms with Crippen LogP contribution >= 0.6 is 0 Å². The van der Waals surface area contributed by atoms with Crippen molar-refractivity contribution < 1.29 is 37.0 Å². The van der Waals surface area contributed by atoms with E-state index in [1.165, 1.54) is 40.1 Å². The van der Waals surface area contributed by atoms with Gasteiger partial charge in [0.15, 0.2) is 0 Å². The Hall–Kier alpha value is -3.42. The van der Waals surface area contributed by atoms with Crippen molar-refractivity contribution in [2.75, 3.05) is 49.6 Å². The Morgan fingerprint density at radius 2 is 1.84 bits per heavy atom. The van der Waals surface area contributed by atoms with Crippen LogP contribution < -0.4 is 14.8 Å². The summed E-state index contributed by atoms with van der Waals surface area (Å²) in [5.74, 6) is -0.800. The summed E-state index contributed by atoms with van der Waals surface area (Å²) in [5, 5.41) is 12.8. The molecule has 3 N–H and O–H groups in total. The summed E-state index contributed by atoms with van der Waals surface area (Å²) in [6.07, 6.45) is 2.58. The number of aliphatic hydroxyl groups is 1. The van der Waals surface area contributed by atoms with Gasteiger partial charge in [-0.1, -0.05) is 6.92 Å². The lowest BCUT2D eigenvalue weighted by Crippen LogP contribution is -2.48. The predicted molar refractivity (Wildman–Crippen MR) is 163 cm³/mol. The second-order valence-electron chi connectivity index (χ2n) is 11.2. The number of halogens is 1. The van der Waals surface area contributed by atoms with Gasteiger partial charge in [0.25, 0.3) is 5.91 Å². The molecule has 0 bridgehead atoms. The molecule has 0 saturated heterocycles. The van der Waals surface area contributed by atoms with E-state index in [1.54, 1.807) is 26.1 Å². The normalized spacial score (nSPS) is 21.1. The third-order valence-corrected chi connectivity index (χ3v) is 7.86. The highest BCUT2D eigenvalue weighted by Crippen LogP contribution is 2.29. The van der Waals surface area contributed by atoms with Crippen LogP contribution in [0.3, 0.4) is 0 Å². The molecule has 0 aliphatic carbocycles. The Balaban J connectivity index is 1.90. The van der Waals surface area contributed by atoms with Crippen LogP contribution in [0, 0.1) is 11.7 Å². The van der Waals surface area contributed by atoms with Gasteiger partial charge in [0.2, 0.25) is 10.0 Å². The number of hydrogen-bond acceptors (Lipinski definition) is 7. The number of fused-ring (bicyclic) bond motifs is 1. The van der Waals surface area contributed by atoms with Gasteiger partial charge in [0.05, 0.1) is 36.7 Å². The van der Waals surface area contributed by atoms with E-state index in [-0.39, 0.29) is 43.0 Å². The zero-order chi connectivity index (χ0) is 31.7. The van der Waals surface area contributed by atoms with Crippen LogP contribution in [0.15, 0.2) is 42.5 Å². The van der Waals surface area contributed by atoms with E-state index >= 15 is 0 Å². The summed E-state index contributed by atoms with van der Waals surface area (Å²) >= 11 is 0. The number of nitrogens with zero attached hydrogens (tertiary/aromatic N) is 2. The maximum Gasteiger partial charge on any atom is 0.321 e. The highest BCUT2D eigenvalue weighted by Gasteiger charge is 2.31. The van der Waals surface area contributed by atoms with Gasteiger partial charge in [-0.15, -0.1) is 0 Å². The Morgan fingerprint density at radius 1 is 1.16 bits per heavy atom. The van der Waals surface area contributed by atoms with Crippen LogP contribution in [0.1, 0.15) is 50.4 Å².